The summed E-state index contributed by atoms with van der Waals surface area (Å²) in [5, 5.41) is 4.40. The Hall–Kier alpha value is -3.30. The minimum Gasteiger partial charge on any atom is -0.406 e. The third kappa shape index (κ3) is 4.17. The van der Waals surface area contributed by atoms with Gasteiger partial charge in [-0.05, 0) is 42.0 Å². The van der Waals surface area contributed by atoms with Crippen LogP contribution < -0.4 is 4.74 Å². The first-order valence-electron chi connectivity index (χ1n) is 8.91. The number of nitrogens with zero attached hydrogens (tertiary/aromatic N) is 3. The smallest absolute Gasteiger partial charge is 0.309 e. The lowest BCUT2D eigenvalue weighted by Gasteiger charge is -2.05. The van der Waals surface area contributed by atoms with Crippen molar-refractivity contribution in [2.24, 2.45) is 0 Å². The van der Waals surface area contributed by atoms with Crippen LogP contribution in [-0.4, -0.2) is 35.4 Å². The molecule has 9 heteroatoms. The van der Waals surface area contributed by atoms with Gasteiger partial charge in [0.05, 0.1) is 21.2 Å². The van der Waals surface area contributed by atoms with E-state index in [-0.39, 0.29) is 10.8 Å². The van der Waals surface area contributed by atoms with Gasteiger partial charge in [-0.15, -0.1) is 16.4 Å². The highest BCUT2D eigenvalue weighted by Crippen LogP contribution is 2.37. The number of benzene rings is 1. The fourth-order valence-corrected chi connectivity index (χ4v) is 4.60. The van der Waals surface area contributed by atoms with Crippen molar-refractivity contribution >= 4 is 27.1 Å². The van der Waals surface area contributed by atoms with Crippen molar-refractivity contribution in [2.75, 3.05) is 6.26 Å². The molecule has 0 fully saturated rings. The number of carbonyl (C=O) groups is 1. The minimum absolute atomic E-state index is 0.198. The van der Waals surface area contributed by atoms with Gasteiger partial charge in [0.25, 0.3) is 0 Å². The summed E-state index contributed by atoms with van der Waals surface area (Å²) in [6, 6.07) is 16.0. The maximum absolute atomic E-state index is 11.9. The summed E-state index contributed by atoms with van der Waals surface area (Å²) in [5.41, 5.74) is 2.32. The van der Waals surface area contributed by atoms with Crippen molar-refractivity contribution in [3.8, 4) is 32.6 Å². The van der Waals surface area contributed by atoms with Crippen molar-refractivity contribution in [3.63, 3.8) is 0 Å². The van der Waals surface area contributed by atoms with Crippen LogP contribution in [0.25, 0.3) is 26.7 Å². The summed E-state index contributed by atoms with van der Waals surface area (Å²) in [6.45, 7) is 1.32. The summed E-state index contributed by atoms with van der Waals surface area (Å²) in [7, 11) is -3.29. The van der Waals surface area contributed by atoms with E-state index in [0.29, 0.717) is 0 Å². The molecule has 0 saturated heterocycles. The van der Waals surface area contributed by atoms with E-state index in [4.69, 9.17) is 4.74 Å². The Balaban J connectivity index is 1.78. The largest absolute Gasteiger partial charge is 0.406 e. The van der Waals surface area contributed by atoms with Crippen molar-refractivity contribution in [1.82, 2.24) is 14.8 Å². The maximum Gasteiger partial charge on any atom is 0.309 e. The molecule has 152 valence electrons. The molecule has 7 nitrogen and oxygen atoms in total. The van der Waals surface area contributed by atoms with Crippen LogP contribution in [0.2, 0.25) is 0 Å². The number of aromatic nitrogens is 3. The Morgan fingerprint density at radius 2 is 1.77 bits per heavy atom. The number of ether oxygens (including phenoxy) is 1. The molecule has 0 N–H and O–H groups in total. The van der Waals surface area contributed by atoms with Crippen LogP contribution in [0.5, 0.6) is 5.88 Å². The van der Waals surface area contributed by atoms with Crippen LogP contribution in [0.4, 0.5) is 0 Å². The zero-order chi connectivity index (χ0) is 21.3. The average Bonchev–Trinajstić information content (AvgIpc) is 3.35. The van der Waals surface area contributed by atoms with Gasteiger partial charge in [0, 0.05) is 36.5 Å². The minimum atomic E-state index is -3.29. The monoisotopic (exact) mass is 439 g/mol. The quantitative estimate of drug-likeness (QED) is 0.437. The van der Waals surface area contributed by atoms with Crippen LogP contribution in [0, 0.1) is 0 Å². The van der Waals surface area contributed by atoms with E-state index >= 15 is 0 Å². The number of pyridine rings is 1. The van der Waals surface area contributed by atoms with E-state index in [1.165, 1.54) is 24.5 Å². The fraction of sp³-hybridized carbons (Fsp3) is 0.0952. The molecule has 3 aromatic heterocycles. The molecule has 4 rings (SSSR count). The van der Waals surface area contributed by atoms with Crippen LogP contribution in [0.3, 0.4) is 0 Å². The van der Waals surface area contributed by atoms with Gasteiger partial charge in [0.1, 0.15) is 0 Å². The van der Waals surface area contributed by atoms with Gasteiger partial charge in [0.2, 0.25) is 5.88 Å². The number of sulfone groups is 1. The lowest BCUT2D eigenvalue weighted by atomic mass is 10.2. The lowest BCUT2D eigenvalue weighted by molar-refractivity contribution is -0.132. The second-order valence-electron chi connectivity index (χ2n) is 6.54. The zero-order valence-electron chi connectivity index (χ0n) is 16.1. The molecule has 0 spiro atoms. The number of esters is 1. The van der Waals surface area contributed by atoms with E-state index in [2.05, 4.69) is 10.1 Å². The van der Waals surface area contributed by atoms with Gasteiger partial charge in [-0.2, -0.15) is 0 Å². The molecule has 3 heterocycles. The van der Waals surface area contributed by atoms with E-state index in [9.17, 15) is 13.2 Å². The summed E-state index contributed by atoms with van der Waals surface area (Å²) in [5.74, 6) is -0.256. The van der Waals surface area contributed by atoms with Crippen molar-refractivity contribution < 1.29 is 17.9 Å². The Bertz CT molecular complexity index is 1330. The molecule has 0 aliphatic rings. The molecule has 0 bridgehead atoms. The van der Waals surface area contributed by atoms with Gasteiger partial charge in [0.15, 0.2) is 9.84 Å². The predicted molar refractivity (Wildman–Crippen MR) is 115 cm³/mol. The highest BCUT2D eigenvalue weighted by atomic mass is 32.2. The molecule has 0 saturated carbocycles. The number of hydrogen-bond acceptors (Lipinski definition) is 7. The molecule has 30 heavy (non-hydrogen) atoms. The third-order valence-electron chi connectivity index (χ3n) is 4.25. The van der Waals surface area contributed by atoms with E-state index < -0.39 is 15.8 Å². The van der Waals surface area contributed by atoms with Crippen molar-refractivity contribution in [1.29, 1.82) is 0 Å². The molecular formula is C21H17N3O4S2. The van der Waals surface area contributed by atoms with Crippen LogP contribution in [0.15, 0.2) is 71.9 Å². The number of thiophene rings is 1. The van der Waals surface area contributed by atoms with E-state index in [1.54, 1.807) is 53.5 Å². The van der Waals surface area contributed by atoms with Gasteiger partial charge in [-0.1, -0.05) is 12.1 Å². The van der Waals surface area contributed by atoms with E-state index in [0.717, 1.165) is 26.7 Å². The number of rotatable bonds is 5. The van der Waals surface area contributed by atoms with Gasteiger partial charge in [-0.3, -0.25) is 9.78 Å². The topological polar surface area (TPSA) is 91.2 Å². The van der Waals surface area contributed by atoms with Crippen LogP contribution in [0.1, 0.15) is 6.92 Å². The summed E-state index contributed by atoms with van der Waals surface area (Å²) < 4.78 is 30.6. The third-order valence-corrected chi connectivity index (χ3v) is 6.51. The summed E-state index contributed by atoms with van der Waals surface area (Å²) >= 11 is 1.49. The zero-order valence-corrected chi connectivity index (χ0v) is 17.8. The predicted octanol–water partition coefficient (Wildman–Crippen LogP) is 3.99. The highest BCUT2D eigenvalue weighted by Gasteiger charge is 2.17. The first-order valence-corrected chi connectivity index (χ1v) is 11.6. The average molecular weight is 440 g/mol. The van der Waals surface area contributed by atoms with Crippen molar-refractivity contribution in [2.45, 2.75) is 11.8 Å². The molecule has 0 amide bonds. The first kappa shape index (κ1) is 20.0. The molecule has 0 atom stereocenters. The Labute approximate surface area is 177 Å². The second-order valence-corrected chi connectivity index (χ2v) is 9.64. The highest BCUT2D eigenvalue weighted by molar-refractivity contribution is 7.90. The van der Waals surface area contributed by atoms with Crippen LogP contribution >= 0.6 is 11.3 Å². The van der Waals surface area contributed by atoms with Gasteiger partial charge >= 0.3 is 5.97 Å². The summed E-state index contributed by atoms with van der Waals surface area (Å²) in [4.78, 5) is 17.5. The SMILES string of the molecule is CC(=O)Oc1cc(-c2ccc(-c3cccc(S(C)(=O)=O)c3)s2)n(-c2ccncc2)n1. The molecule has 0 aliphatic carbocycles. The summed E-state index contributed by atoms with van der Waals surface area (Å²) in [6.07, 6.45) is 4.50. The molecular weight excluding hydrogens is 422 g/mol. The molecule has 4 aromatic rings. The van der Waals surface area contributed by atoms with Gasteiger partial charge < -0.3 is 4.74 Å². The Morgan fingerprint density at radius 1 is 1.03 bits per heavy atom. The van der Waals surface area contributed by atoms with E-state index in [1.807, 2.05) is 18.2 Å². The molecule has 1 aromatic carbocycles. The molecule has 0 radical (unpaired) electrons. The standard InChI is InChI=1S/C21H17N3O4S2/c1-14(25)28-21-13-18(24(23-21)16-8-10-22-11-9-16)20-7-6-19(29-20)15-4-3-5-17(12-15)30(2,26)27/h3-13H,1-2H3. The van der Waals surface area contributed by atoms with Crippen molar-refractivity contribution in [3.05, 3.63) is 67.0 Å². The Kier molecular flexibility index (Phi) is 5.23. The Morgan fingerprint density at radius 3 is 2.47 bits per heavy atom. The second kappa shape index (κ2) is 7.85. The van der Waals surface area contributed by atoms with Crippen LogP contribution in [-0.2, 0) is 14.6 Å². The fourth-order valence-electron chi connectivity index (χ4n) is 2.92. The maximum atomic E-state index is 11.9. The normalized spacial score (nSPS) is 11.4. The lowest BCUT2D eigenvalue weighted by Crippen LogP contribution is -2.03. The molecule has 0 unspecified atom stereocenters. The first-order chi connectivity index (χ1) is 14.3. The number of carbonyl (C=O) groups excluding carboxylic acids is 1. The number of hydrogen-bond donors (Lipinski definition) is 0. The van der Waals surface area contributed by atoms with Gasteiger partial charge in [-0.25, -0.2) is 13.1 Å². The molecule has 0 aliphatic heterocycles.